The number of phenolic OH excluding ortho intramolecular Hbond substituents is 1. The Bertz CT molecular complexity index is 1290. The summed E-state index contributed by atoms with van der Waals surface area (Å²) >= 11 is 0. The van der Waals surface area contributed by atoms with Crippen molar-refractivity contribution in [3.05, 3.63) is 130 Å². The molecule has 1 atom stereocenters. The molecule has 4 nitrogen and oxygen atoms in total. The molecule has 0 radical (unpaired) electrons. The molecule has 4 aromatic rings. The Kier molecular flexibility index (Phi) is 4.86. The number of aryl methyl sites for hydroxylation is 1. The van der Waals surface area contributed by atoms with Gasteiger partial charge in [-0.25, -0.2) is 4.90 Å². The summed E-state index contributed by atoms with van der Waals surface area (Å²) < 4.78 is 0. The van der Waals surface area contributed by atoms with Gasteiger partial charge in [-0.2, -0.15) is 0 Å². The van der Waals surface area contributed by atoms with Crippen LogP contribution in [-0.2, 0) is 5.41 Å². The lowest BCUT2D eigenvalue weighted by atomic mass is 9.71. The summed E-state index contributed by atoms with van der Waals surface area (Å²) in [5.41, 5.74) is 4.96. The monoisotopic (exact) mass is 433 g/mol. The van der Waals surface area contributed by atoms with E-state index in [0.29, 0.717) is 16.8 Å². The van der Waals surface area contributed by atoms with Gasteiger partial charge in [0.15, 0.2) is 0 Å². The van der Waals surface area contributed by atoms with Crippen LogP contribution >= 0.6 is 0 Å². The van der Waals surface area contributed by atoms with Crippen LogP contribution < -0.4 is 4.90 Å². The fourth-order valence-electron chi connectivity index (χ4n) is 4.56. The quantitative estimate of drug-likeness (QED) is 0.324. The number of aromatic hydroxyl groups is 1. The van der Waals surface area contributed by atoms with E-state index in [-0.39, 0.29) is 17.6 Å². The van der Waals surface area contributed by atoms with Gasteiger partial charge in [0.25, 0.3) is 11.8 Å². The average molecular weight is 434 g/mol. The third-order valence-electron chi connectivity index (χ3n) is 6.55. The highest BCUT2D eigenvalue weighted by atomic mass is 16.3. The van der Waals surface area contributed by atoms with Crippen LogP contribution in [0.2, 0.25) is 0 Å². The van der Waals surface area contributed by atoms with E-state index in [1.807, 2.05) is 37.3 Å². The normalized spacial score (nSPS) is 14.8. The summed E-state index contributed by atoms with van der Waals surface area (Å²) in [5.74, 6) is -0.423. The van der Waals surface area contributed by atoms with Crippen LogP contribution in [0.1, 0.15) is 49.9 Å². The van der Waals surface area contributed by atoms with Crippen molar-refractivity contribution in [2.75, 3.05) is 4.90 Å². The maximum atomic E-state index is 13.1. The number of anilines is 1. The molecule has 33 heavy (non-hydrogen) atoms. The Morgan fingerprint density at radius 2 is 1.21 bits per heavy atom. The van der Waals surface area contributed by atoms with Crippen LogP contribution in [0.15, 0.2) is 97.1 Å². The van der Waals surface area contributed by atoms with Gasteiger partial charge in [-0.3, -0.25) is 9.59 Å². The molecule has 1 aliphatic rings. The van der Waals surface area contributed by atoms with E-state index in [9.17, 15) is 14.7 Å². The first kappa shape index (κ1) is 20.7. The standard InChI is InChI=1S/C29H23NO3/c1-19-10-12-20(13-11-19)29(2,21-14-16-24(31)17-15-21)22-6-5-7-23(18-22)30-27(32)25-8-3-4-9-26(25)28(30)33/h3-18,31H,1-2H3. The Morgan fingerprint density at radius 1 is 0.667 bits per heavy atom. The lowest BCUT2D eigenvalue weighted by Crippen LogP contribution is -2.30. The second kappa shape index (κ2) is 7.75. The third kappa shape index (κ3) is 3.31. The van der Waals surface area contributed by atoms with Gasteiger partial charge in [-0.05, 0) is 66.9 Å². The number of amides is 2. The predicted molar refractivity (Wildman–Crippen MR) is 129 cm³/mol. The third-order valence-corrected chi connectivity index (χ3v) is 6.55. The van der Waals surface area contributed by atoms with Crippen LogP contribution in [0.4, 0.5) is 5.69 Å². The molecule has 4 aromatic carbocycles. The molecular formula is C29H23NO3. The topological polar surface area (TPSA) is 57.6 Å². The molecule has 5 rings (SSSR count). The molecule has 4 heteroatoms. The second-order valence-corrected chi connectivity index (χ2v) is 8.58. The number of imide groups is 1. The minimum atomic E-state index is -0.573. The maximum Gasteiger partial charge on any atom is 0.266 e. The fraction of sp³-hybridized carbons (Fsp3) is 0.103. The summed E-state index contributed by atoms with van der Waals surface area (Å²) in [4.78, 5) is 27.4. The van der Waals surface area contributed by atoms with Gasteiger partial charge in [0, 0.05) is 5.41 Å². The highest BCUT2D eigenvalue weighted by Gasteiger charge is 2.38. The van der Waals surface area contributed by atoms with Crippen molar-refractivity contribution in [2.45, 2.75) is 19.3 Å². The first-order chi connectivity index (χ1) is 15.9. The Labute approximate surface area is 192 Å². The van der Waals surface area contributed by atoms with Crippen molar-refractivity contribution < 1.29 is 14.7 Å². The molecule has 0 spiro atoms. The van der Waals surface area contributed by atoms with Crippen molar-refractivity contribution >= 4 is 17.5 Å². The summed E-state index contributed by atoms with van der Waals surface area (Å²) in [6.45, 7) is 4.16. The van der Waals surface area contributed by atoms with Gasteiger partial charge in [0.2, 0.25) is 0 Å². The Balaban J connectivity index is 1.66. The highest BCUT2D eigenvalue weighted by molar-refractivity contribution is 6.34. The van der Waals surface area contributed by atoms with Crippen LogP contribution in [0.5, 0.6) is 5.75 Å². The molecule has 2 amide bonds. The largest absolute Gasteiger partial charge is 0.508 e. The molecule has 1 N–H and O–H groups in total. The van der Waals surface area contributed by atoms with Crippen molar-refractivity contribution in [1.29, 1.82) is 0 Å². The number of fused-ring (bicyclic) bond motifs is 1. The minimum absolute atomic E-state index is 0.199. The molecule has 0 fully saturated rings. The number of carbonyl (C=O) groups excluding carboxylic acids is 2. The van der Waals surface area contributed by atoms with Gasteiger partial charge in [-0.1, -0.05) is 66.2 Å². The van der Waals surface area contributed by atoms with Crippen LogP contribution in [-0.4, -0.2) is 16.9 Å². The van der Waals surface area contributed by atoms with Crippen molar-refractivity contribution in [2.24, 2.45) is 0 Å². The van der Waals surface area contributed by atoms with E-state index in [0.717, 1.165) is 22.3 Å². The zero-order valence-electron chi connectivity index (χ0n) is 18.4. The molecule has 0 saturated heterocycles. The maximum absolute atomic E-state index is 13.1. The van der Waals surface area contributed by atoms with E-state index >= 15 is 0 Å². The molecule has 162 valence electrons. The van der Waals surface area contributed by atoms with Crippen LogP contribution in [0.25, 0.3) is 0 Å². The number of rotatable bonds is 4. The highest BCUT2D eigenvalue weighted by Crippen LogP contribution is 2.41. The number of benzene rings is 4. The first-order valence-corrected chi connectivity index (χ1v) is 10.8. The second-order valence-electron chi connectivity index (χ2n) is 8.58. The number of hydrogen-bond acceptors (Lipinski definition) is 3. The van der Waals surface area contributed by atoms with E-state index in [4.69, 9.17) is 0 Å². The summed E-state index contributed by atoms with van der Waals surface area (Å²) in [6, 6.07) is 30.0. The number of phenols is 1. The van der Waals surface area contributed by atoms with E-state index in [2.05, 4.69) is 31.2 Å². The van der Waals surface area contributed by atoms with Gasteiger partial charge >= 0.3 is 0 Å². The molecule has 1 aliphatic heterocycles. The SMILES string of the molecule is Cc1ccc(C(C)(c2ccc(O)cc2)c2cccc(N3C(=O)c4ccccc4C3=O)c2)cc1. The first-order valence-electron chi connectivity index (χ1n) is 10.8. The summed E-state index contributed by atoms with van der Waals surface area (Å²) in [6.07, 6.45) is 0. The summed E-state index contributed by atoms with van der Waals surface area (Å²) in [7, 11) is 0. The van der Waals surface area contributed by atoms with E-state index < -0.39 is 5.41 Å². The predicted octanol–water partition coefficient (Wildman–Crippen LogP) is 5.86. The van der Waals surface area contributed by atoms with E-state index in [1.165, 1.54) is 4.90 Å². The van der Waals surface area contributed by atoms with Crippen molar-refractivity contribution in [3.8, 4) is 5.75 Å². The van der Waals surface area contributed by atoms with Crippen molar-refractivity contribution in [1.82, 2.24) is 0 Å². The van der Waals surface area contributed by atoms with Crippen LogP contribution in [0, 0.1) is 6.92 Å². The molecule has 0 aliphatic carbocycles. The average Bonchev–Trinajstić information content (AvgIpc) is 3.09. The van der Waals surface area contributed by atoms with Gasteiger partial charge in [0.1, 0.15) is 5.75 Å². The molecule has 1 unspecified atom stereocenters. The number of hydrogen-bond donors (Lipinski definition) is 1. The number of nitrogens with zero attached hydrogens (tertiary/aromatic N) is 1. The number of carbonyl (C=O) groups is 2. The van der Waals surface area contributed by atoms with Gasteiger partial charge < -0.3 is 5.11 Å². The molecular weight excluding hydrogens is 410 g/mol. The van der Waals surface area contributed by atoms with Gasteiger partial charge in [-0.15, -0.1) is 0 Å². The minimum Gasteiger partial charge on any atom is -0.508 e. The molecule has 0 aromatic heterocycles. The Morgan fingerprint density at radius 3 is 1.79 bits per heavy atom. The lowest BCUT2D eigenvalue weighted by Gasteiger charge is -2.33. The van der Waals surface area contributed by atoms with Gasteiger partial charge in [0.05, 0.1) is 16.8 Å². The lowest BCUT2D eigenvalue weighted by molar-refractivity contribution is 0.0926. The van der Waals surface area contributed by atoms with E-state index in [1.54, 1.807) is 42.5 Å². The molecule has 1 heterocycles. The molecule has 0 saturated carbocycles. The fourth-order valence-corrected chi connectivity index (χ4v) is 4.56. The zero-order chi connectivity index (χ0) is 23.2. The molecule has 0 bridgehead atoms. The zero-order valence-corrected chi connectivity index (χ0v) is 18.4. The van der Waals surface area contributed by atoms with Crippen LogP contribution in [0.3, 0.4) is 0 Å². The van der Waals surface area contributed by atoms with Crippen molar-refractivity contribution in [3.63, 3.8) is 0 Å². The summed E-state index contributed by atoms with van der Waals surface area (Å²) in [5, 5.41) is 9.85. The Hall–Kier alpha value is -4.18. The smallest absolute Gasteiger partial charge is 0.266 e.